The molecule has 14 heavy (non-hydrogen) atoms. The van der Waals surface area contributed by atoms with Crippen LogP contribution in [0, 0.1) is 0 Å². The highest BCUT2D eigenvalue weighted by Gasteiger charge is 2.06. The first-order chi connectivity index (χ1) is 6.70. The maximum absolute atomic E-state index is 10.5. The summed E-state index contributed by atoms with van der Waals surface area (Å²) >= 11 is 0. The molecule has 0 spiro atoms. The Kier molecular flexibility index (Phi) is 4.13. The second-order valence-electron chi connectivity index (χ2n) is 3.06. The van der Waals surface area contributed by atoms with Crippen LogP contribution in [0.4, 0.5) is 0 Å². The molecule has 0 saturated heterocycles. The van der Waals surface area contributed by atoms with Gasteiger partial charge in [0.05, 0.1) is 12.7 Å². The van der Waals surface area contributed by atoms with E-state index in [0.717, 1.165) is 5.56 Å². The van der Waals surface area contributed by atoms with Gasteiger partial charge in [-0.2, -0.15) is 0 Å². The number of aliphatic hydroxyl groups is 1. The minimum Gasteiger partial charge on any atom is -0.466 e. The molecule has 0 bridgehead atoms. The first kappa shape index (κ1) is 10.7. The van der Waals surface area contributed by atoms with Gasteiger partial charge in [0.25, 0.3) is 0 Å². The lowest BCUT2D eigenvalue weighted by Crippen LogP contribution is -2.06. The van der Waals surface area contributed by atoms with Crippen LogP contribution in [0.5, 0.6) is 0 Å². The summed E-state index contributed by atoms with van der Waals surface area (Å²) in [7, 11) is 0. The third-order valence-corrected chi connectivity index (χ3v) is 1.88. The third-order valence-electron chi connectivity index (χ3n) is 1.88. The van der Waals surface area contributed by atoms with E-state index in [0.29, 0.717) is 6.42 Å². The minimum absolute atomic E-state index is 0.255. The molecule has 0 aromatic heterocycles. The number of esters is 1. The number of carbonyl (C=O) groups is 1. The van der Waals surface area contributed by atoms with Crippen LogP contribution in [-0.2, 0) is 9.53 Å². The molecule has 0 aliphatic rings. The SMILES string of the molecule is CC(=O)OCC[C@H](O)c1ccccc1. The van der Waals surface area contributed by atoms with Crippen molar-refractivity contribution in [2.24, 2.45) is 0 Å². The zero-order valence-electron chi connectivity index (χ0n) is 8.14. The highest BCUT2D eigenvalue weighted by Crippen LogP contribution is 2.15. The molecular formula is C11H14O3. The summed E-state index contributed by atoms with van der Waals surface area (Å²) in [4.78, 5) is 10.5. The smallest absolute Gasteiger partial charge is 0.302 e. The molecule has 0 radical (unpaired) electrons. The standard InChI is InChI=1S/C11H14O3/c1-9(12)14-8-7-11(13)10-5-3-2-4-6-10/h2-6,11,13H,7-8H2,1H3/t11-/m0/s1. The molecule has 1 rings (SSSR count). The van der Waals surface area contributed by atoms with Crippen LogP contribution in [0.2, 0.25) is 0 Å². The predicted octanol–water partition coefficient (Wildman–Crippen LogP) is 1.67. The molecule has 1 atom stereocenters. The van der Waals surface area contributed by atoms with E-state index < -0.39 is 6.10 Å². The van der Waals surface area contributed by atoms with E-state index in [9.17, 15) is 9.90 Å². The lowest BCUT2D eigenvalue weighted by atomic mass is 10.1. The summed E-state index contributed by atoms with van der Waals surface area (Å²) in [5.41, 5.74) is 0.847. The van der Waals surface area contributed by atoms with Crippen molar-refractivity contribution in [3.05, 3.63) is 35.9 Å². The first-order valence-corrected chi connectivity index (χ1v) is 4.56. The van der Waals surface area contributed by atoms with Crippen molar-refractivity contribution < 1.29 is 14.6 Å². The Hall–Kier alpha value is -1.35. The average molecular weight is 194 g/mol. The zero-order chi connectivity index (χ0) is 10.4. The number of ether oxygens (including phenoxy) is 1. The zero-order valence-corrected chi connectivity index (χ0v) is 8.14. The van der Waals surface area contributed by atoms with Crippen LogP contribution in [0.15, 0.2) is 30.3 Å². The number of aliphatic hydroxyl groups excluding tert-OH is 1. The largest absolute Gasteiger partial charge is 0.466 e. The summed E-state index contributed by atoms with van der Waals surface area (Å²) in [6, 6.07) is 9.31. The number of carbonyl (C=O) groups excluding carboxylic acids is 1. The Labute approximate surface area is 83.3 Å². The Morgan fingerprint density at radius 1 is 1.43 bits per heavy atom. The monoisotopic (exact) mass is 194 g/mol. The van der Waals surface area contributed by atoms with Gasteiger partial charge in [0, 0.05) is 13.3 Å². The second kappa shape index (κ2) is 5.40. The van der Waals surface area contributed by atoms with Crippen LogP contribution < -0.4 is 0 Å². The van der Waals surface area contributed by atoms with Crippen molar-refractivity contribution in [3.63, 3.8) is 0 Å². The Bertz CT molecular complexity index is 282. The molecule has 0 aliphatic heterocycles. The molecule has 1 N–H and O–H groups in total. The van der Waals surface area contributed by atoms with E-state index in [1.54, 1.807) is 0 Å². The van der Waals surface area contributed by atoms with Gasteiger partial charge in [-0.3, -0.25) is 4.79 Å². The van der Waals surface area contributed by atoms with E-state index >= 15 is 0 Å². The fourth-order valence-corrected chi connectivity index (χ4v) is 1.16. The van der Waals surface area contributed by atoms with Gasteiger partial charge in [-0.25, -0.2) is 0 Å². The van der Waals surface area contributed by atoms with Crippen molar-refractivity contribution in [1.29, 1.82) is 0 Å². The lowest BCUT2D eigenvalue weighted by Gasteiger charge is -2.10. The highest BCUT2D eigenvalue weighted by molar-refractivity contribution is 5.65. The molecule has 3 nitrogen and oxygen atoms in total. The van der Waals surface area contributed by atoms with Gasteiger partial charge in [-0.1, -0.05) is 30.3 Å². The first-order valence-electron chi connectivity index (χ1n) is 4.56. The summed E-state index contributed by atoms with van der Waals surface area (Å²) in [5.74, 6) is -0.315. The Morgan fingerprint density at radius 3 is 2.64 bits per heavy atom. The topological polar surface area (TPSA) is 46.5 Å². The Balaban J connectivity index is 2.36. The third kappa shape index (κ3) is 3.58. The summed E-state index contributed by atoms with van der Waals surface area (Å²) < 4.78 is 4.74. The molecule has 76 valence electrons. The van der Waals surface area contributed by atoms with E-state index in [1.165, 1.54) is 6.92 Å². The van der Waals surface area contributed by atoms with Gasteiger partial charge in [0.1, 0.15) is 0 Å². The molecular weight excluding hydrogens is 180 g/mol. The van der Waals surface area contributed by atoms with Gasteiger partial charge in [-0.15, -0.1) is 0 Å². The van der Waals surface area contributed by atoms with Crippen LogP contribution in [0.25, 0.3) is 0 Å². The van der Waals surface area contributed by atoms with Crippen molar-refractivity contribution >= 4 is 5.97 Å². The highest BCUT2D eigenvalue weighted by atomic mass is 16.5. The van der Waals surface area contributed by atoms with Crippen LogP contribution >= 0.6 is 0 Å². The van der Waals surface area contributed by atoms with Gasteiger partial charge in [0.2, 0.25) is 0 Å². The minimum atomic E-state index is -0.560. The summed E-state index contributed by atoms with van der Waals surface area (Å²) in [6.45, 7) is 1.61. The lowest BCUT2D eigenvalue weighted by molar-refractivity contribution is -0.141. The molecule has 0 saturated carbocycles. The molecule has 0 unspecified atom stereocenters. The number of benzene rings is 1. The van der Waals surface area contributed by atoms with Gasteiger partial charge in [-0.05, 0) is 5.56 Å². The fraction of sp³-hybridized carbons (Fsp3) is 0.364. The number of hydrogen-bond donors (Lipinski definition) is 1. The Morgan fingerprint density at radius 2 is 2.07 bits per heavy atom. The van der Waals surface area contributed by atoms with Crippen LogP contribution in [0.1, 0.15) is 25.0 Å². The van der Waals surface area contributed by atoms with E-state index in [2.05, 4.69) is 0 Å². The second-order valence-corrected chi connectivity index (χ2v) is 3.06. The van der Waals surface area contributed by atoms with Gasteiger partial charge < -0.3 is 9.84 Å². The van der Waals surface area contributed by atoms with Crippen molar-refractivity contribution in [3.8, 4) is 0 Å². The fourth-order valence-electron chi connectivity index (χ4n) is 1.16. The normalized spacial score (nSPS) is 12.1. The molecule has 0 fully saturated rings. The summed E-state index contributed by atoms with van der Waals surface area (Å²) in [5, 5.41) is 9.64. The van der Waals surface area contributed by atoms with Gasteiger partial charge in [0.15, 0.2) is 0 Å². The average Bonchev–Trinajstić information content (AvgIpc) is 2.18. The van der Waals surface area contributed by atoms with E-state index in [-0.39, 0.29) is 12.6 Å². The molecule has 0 aliphatic carbocycles. The molecule has 1 aromatic carbocycles. The van der Waals surface area contributed by atoms with E-state index in [4.69, 9.17) is 4.74 Å². The van der Waals surface area contributed by atoms with E-state index in [1.807, 2.05) is 30.3 Å². The van der Waals surface area contributed by atoms with Crippen molar-refractivity contribution in [1.82, 2.24) is 0 Å². The molecule has 3 heteroatoms. The number of hydrogen-bond acceptors (Lipinski definition) is 3. The van der Waals surface area contributed by atoms with Crippen molar-refractivity contribution in [2.45, 2.75) is 19.4 Å². The maximum Gasteiger partial charge on any atom is 0.302 e. The van der Waals surface area contributed by atoms with Crippen LogP contribution in [0.3, 0.4) is 0 Å². The molecule has 0 heterocycles. The quantitative estimate of drug-likeness (QED) is 0.742. The number of rotatable bonds is 4. The predicted molar refractivity (Wildman–Crippen MR) is 52.7 cm³/mol. The summed E-state index contributed by atoms with van der Waals surface area (Å²) in [6.07, 6.45) is -0.126. The molecule has 0 amide bonds. The van der Waals surface area contributed by atoms with Crippen molar-refractivity contribution in [2.75, 3.05) is 6.61 Å². The van der Waals surface area contributed by atoms with Gasteiger partial charge >= 0.3 is 5.97 Å². The maximum atomic E-state index is 10.5. The van der Waals surface area contributed by atoms with Crippen LogP contribution in [-0.4, -0.2) is 17.7 Å². The molecule has 1 aromatic rings.